The van der Waals surface area contributed by atoms with E-state index in [0.717, 1.165) is 37.1 Å². The van der Waals surface area contributed by atoms with E-state index in [9.17, 15) is 8.42 Å². The zero-order valence-corrected chi connectivity index (χ0v) is 13.7. The predicted octanol–water partition coefficient (Wildman–Crippen LogP) is 1.69. The Morgan fingerprint density at radius 3 is 2.71 bits per heavy atom. The molecule has 0 unspecified atom stereocenters. The lowest BCUT2D eigenvalue weighted by Gasteiger charge is -2.11. The van der Waals surface area contributed by atoms with Crippen LogP contribution in [0.25, 0.3) is 0 Å². The lowest BCUT2D eigenvalue weighted by Crippen LogP contribution is -2.30. The van der Waals surface area contributed by atoms with E-state index in [1.54, 1.807) is 0 Å². The first-order chi connectivity index (χ1) is 10.0. The Morgan fingerprint density at radius 1 is 1.33 bits per heavy atom. The highest BCUT2D eigenvalue weighted by atomic mass is 32.2. The first-order valence-corrected chi connectivity index (χ1v) is 9.27. The minimum Gasteiger partial charge on any atom is -0.313 e. The summed E-state index contributed by atoms with van der Waals surface area (Å²) in [5.74, 6) is 0.474. The zero-order chi connectivity index (χ0) is 15.3. The van der Waals surface area contributed by atoms with Crippen LogP contribution in [0.15, 0.2) is 5.03 Å². The van der Waals surface area contributed by atoms with E-state index in [1.807, 2.05) is 6.92 Å². The smallest absolute Gasteiger partial charge is 0.260 e. The quantitative estimate of drug-likeness (QED) is 0.637. The summed E-state index contributed by atoms with van der Waals surface area (Å²) >= 11 is 0. The maximum atomic E-state index is 12.4. The Hall–Kier alpha value is -0.920. The molecule has 0 radical (unpaired) electrons. The molecule has 0 saturated heterocycles. The number of H-pyrrole nitrogens is 1. The van der Waals surface area contributed by atoms with Crippen molar-refractivity contribution in [3.8, 4) is 0 Å². The second-order valence-corrected chi connectivity index (χ2v) is 7.49. The van der Waals surface area contributed by atoms with Crippen molar-refractivity contribution >= 4 is 10.0 Å². The summed E-state index contributed by atoms with van der Waals surface area (Å²) in [5, 5.41) is 10.2. The molecule has 0 aromatic carbocycles. The van der Waals surface area contributed by atoms with E-state index in [2.05, 4.69) is 27.2 Å². The van der Waals surface area contributed by atoms with Crippen molar-refractivity contribution in [1.82, 2.24) is 20.2 Å². The van der Waals surface area contributed by atoms with E-state index in [1.165, 1.54) is 12.8 Å². The number of rotatable bonds is 8. The van der Waals surface area contributed by atoms with Crippen molar-refractivity contribution in [2.24, 2.45) is 5.92 Å². The van der Waals surface area contributed by atoms with Crippen molar-refractivity contribution in [3.63, 3.8) is 0 Å². The van der Waals surface area contributed by atoms with Crippen LogP contribution in [0.2, 0.25) is 0 Å². The number of sulfonamides is 1. The highest BCUT2D eigenvalue weighted by Crippen LogP contribution is 2.24. The van der Waals surface area contributed by atoms with Gasteiger partial charge in [-0.3, -0.25) is 5.10 Å². The third-order valence-electron chi connectivity index (χ3n) is 4.06. The lowest BCUT2D eigenvalue weighted by molar-refractivity contribution is 0.517. The summed E-state index contributed by atoms with van der Waals surface area (Å²) < 4.78 is 27.6. The summed E-state index contributed by atoms with van der Waals surface area (Å²) in [6, 6.07) is 0. The van der Waals surface area contributed by atoms with Crippen molar-refractivity contribution < 1.29 is 8.42 Å². The number of aryl methyl sites for hydroxylation is 1. The SMILES string of the molecule is CCCNCc1c(S(=O)(=O)NCC2CCCC2)n[nH]c1C. The van der Waals surface area contributed by atoms with Crippen LogP contribution in [0, 0.1) is 12.8 Å². The summed E-state index contributed by atoms with van der Waals surface area (Å²) in [4.78, 5) is 0. The van der Waals surface area contributed by atoms with Gasteiger partial charge in [0.1, 0.15) is 0 Å². The van der Waals surface area contributed by atoms with Gasteiger partial charge in [0.2, 0.25) is 0 Å². The second kappa shape index (κ2) is 7.38. The second-order valence-electron chi connectivity index (χ2n) is 5.81. The Balaban J connectivity index is 2.04. The summed E-state index contributed by atoms with van der Waals surface area (Å²) in [7, 11) is -3.53. The number of nitrogens with zero attached hydrogens (tertiary/aromatic N) is 1. The fourth-order valence-corrected chi connectivity index (χ4v) is 4.07. The number of hydrogen-bond acceptors (Lipinski definition) is 4. The van der Waals surface area contributed by atoms with Gasteiger partial charge in [0.25, 0.3) is 10.0 Å². The standard InChI is InChI=1S/C14H26N4O2S/c1-3-8-15-10-13-11(2)17-18-14(13)21(19,20)16-9-12-6-4-5-7-12/h12,15-16H,3-10H2,1-2H3,(H,17,18). The molecule has 7 heteroatoms. The molecule has 3 N–H and O–H groups in total. The number of aromatic nitrogens is 2. The molecule has 0 bridgehead atoms. The molecule has 0 atom stereocenters. The van der Waals surface area contributed by atoms with Crippen molar-refractivity contribution in [2.45, 2.75) is 57.5 Å². The Morgan fingerprint density at radius 2 is 2.05 bits per heavy atom. The minimum absolute atomic E-state index is 0.140. The molecule has 1 aliphatic rings. The van der Waals surface area contributed by atoms with Gasteiger partial charge in [-0.2, -0.15) is 5.10 Å². The third-order valence-corrected chi connectivity index (χ3v) is 5.45. The van der Waals surface area contributed by atoms with E-state index < -0.39 is 10.0 Å². The number of hydrogen-bond donors (Lipinski definition) is 3. The largest absolute Gasteiger partial charge is 0.313 e. The third kappa shape index (κ3) is 4.28. The summed E-state index contributed by atoms with van der Waals surface area (Å²) in [5.41, 5.74) is 1.54. The molecule has 0 aliphatic heterocycles. The fourth-order valence-electron chi connectivity index (χ4n) is 2.76. The van der Waals surface area contributed by atoms with Crippen LogP contribution in [-0.2, 0) is 16.6 Å². The highest BCUT2D eigenvalue weighted by molar-refractivity contribution is 7.89. The monoisotopic (exact) mass is 314 g/mol. The average Bonchev–Trinajstić information content (AvgIpc) is 3.08. The van der Waals surface area contributed by atoms with Crippen LogP contribution in [0.3, 0.4) is 0 Å². The van der Waals surface area contributed by atoms with Crippen LogP contribution >= 0.6 is 0 Å². The normalized spacial score (nSPS) is 16.7. The number of nitrogens with one attached hydrogen (secondary N) is 3. The summed E-state index contributed by atoms with van der Waals surface area (Å²) in [6.45, 7) is 5.84. The van der Waals surface area contributed by atoms with E-state index in [-0.39, 0.29) is 5.03 Å². The molecule has 1 aromatic rings. The molecule has 1 saturated carbocycles. The van der Waals surface area contributed by atoms with Gasteiger partial charge in [0.05, 0.1) is 0 Å². The molecule has 0 amide bonds. The molecule has 1 fully saturated rings. The van der Waals surface area contributed by atoms with E-state index in [4.69, 9.17) is 0 Å². The zero-order valence-electron chi connectivity index (χ0n) is 12.9. The molecular formula is C14H26N4O2S. The fraction of sp³-hybridized carbons (Fsp3) is 0.786. The predicted molar refractivity (Wildman–Crippen MR) is 82.5 cm³/mol. The molecule has 1 aliphatic carbocycles. The average molecular weight is 314 g/mol. The minimum atomic E-state index is -3.53. The molecule has 2 rings (SSSR count). The van der Waals surface area contributed by atoms with Gasteiger partial charge in [0, 0.05) is 24.3 Å². The van der Waals surface area contributed by atoms with Gasteiger partial charge in [0.15, 0.2) is 5.03 Å². The molecule has 1 aromatic heterocycles. The highest BCUT2D eigenvalue weighted by Gasteiger charge is 2.25. The molecule has 120 valence electrons. The molecule has 0 spiro atoms. The molecule has 1 heterocycles. The maximum Gasteiger partial charge on any atom is 0.260 e. The number of aromatic amines is 1. The van der Waals surface area contributed by atoms with Crippen LogP contribution in [0.1, 0.15) is 50.3 Å². The van der Waals surface area contributed by atoms with Crippen LogP contribution < -0.4 is 10.0 Å². The maximum absolute atomic E-state index is 12.4. The Kier molecular flexibility index (Phi) is 5.78. The van der Waals surface area contributed by atoms with Crippen LogP contribution in [0.4, 0.5) is 0 Å². The van der Waals surface area contributed by atoms with E-state index >= 15 is 0 Å². The van der Waals surface area contributed by atoms with Crippen molar-refractivity contribution in [3.05, 3.63) is 11.3 Å². The lowest BCUT2D eigenvalue weighted by atomic mass is 10.1. The summed E-state index contributed by atoms with van der Waals surface area (Å²) in [6.07, 6.45) is 5.67. The van der Waals surface area contributed by atoms with Gasteiger partial charge in [-0.25, -0.2) is 13.1 Å². The van der Waals surface area contributed by atoms with Gasteiger partial charge in [-0.15, -0.1) is 0 Å². The van der Waals surface area contributed by atoms with Gasteiger partial charge >= 0.3 is 0 Å². The van der Waals surface area contributed by atoms with E-state index in [0.29, 0.717) is 19.0 Å². The van der Waals surface area contributed by atoms with Gasteiger partial charge in [-0.1, -0.05) is 19.8 Å². The van der Waals surface area contributed by atoms with Crippen LogP contribution in [0.5, 0.6) is 0 Å². The van der Waals surface area contributed by atoms with Crippen LogP contribution in [-0.4, -0.2) is 31.7 Å². The molecular weight excluding hydrogens is 288 g/mol. The van der Waals surface area contributed by atoms with Gasteiger partial charge < -0.3 is 5.32 Å². The van der Waals surface area contributed by atoms with Crippen molar-refractivity contribution in [2.75, 3.05) is 13.1 Å². The first kappa shape index (κ1) is 16.5. The first-order valence-electron chi connectivity index (χ1n) is 7.78. The Bertz CT molecular complexity index is 547. The molecule has 21 heavy (non-hydrogen) atoms. The van der Waals surface area contributed by atoms with Crippen molar-refractivity contribution in [1.29, 1.82) is 0 Å². The molecule has 6 nitrogen and oxygen atoms in total. The Labute approximate surface area is 127 Å². The topological polar surface area (TPSA) is 86.9 Å². The van der Waals surface area contributed by atoms with Gasteiger partial charge in [-0.05, 0) is 38.6 Å².